The Hall–Kier alpha value is -1.30. The predicted molar refractivity (Wildman–Crippen MR) is 71.5 cm³/mol. The molecule has 1 aliphatic heterocycles. The van der Waals surface area contributed by atoms with Gasteiger partial charge in [-0.25, -0.2) is 0 Å². The van der Waals surface area contributed by atoms with Gasteiger partial charge < -0.3 is 14.4 Å². The van der Waals surface area contributed by atoms with Gasteiger partial charge in [-0.15, -0.1) is 0 Å². The lowest BCUT2D eigenvalue weighted by atomic mass is 9.87. The molecule has 0 spiro atoms. The Morgan fingerprint density at radius 1 is 1.63 bits per heavy atom. The second kappa shape index (κ2) is 5.77. The molecule has 1 N–H and O–H groups in total. The molecule has 2 heterocycles. The van der Waals surface area contributed by atoms with E-state index >= 15 is 0 Å². The van der Waals surface area contributed by atoms with E-state index in [1.807, 2.05) is 6.92 Å². The van der Waals surface area contributed by atoms with Gasteiger partial charge in [0.1, 0.15) is 11.8 Å². The van der Waals surface area contributed by atoms with Crippen molar-refractivity contribution in [3.8, 4) is 0 Å². The third-order valence-electron chi connectivity index (χ3n) is 3.40. The number of carboxylic acids is 1. The highest BCUT2D eigenvalue weighted by molar-refractivity contribution is 9.10. The Morgan fingerprint density at radius 2 is 2.37 bits per heavy atom. The zero-order chi connectivity index (χ0) is 14.0. The van der Waals surface area contributed by atoms with Gasteiger partial charge in [0.25, 0.3) is 0 Å². The van der Waals surface area contributed by atoms with Crippen LogP contribution in [0.15, 0.2) is 21.2 Å². The first kappa shape index (κ1) is 14.1. The fourth-order valence-corrected chi connectivity index (χ4v) is 2.99. The van der Waals surface area contributed by atoms with Crippen molar-refractivity contribution in [1.82, 2.24) is 4.90 Å². The molecule has 104 valence electrons. The van der Waals surface area contributed by atoms with E-state index in [9.17, 15) is 14.7 Å². The quantitative estimate of drug-likeness (QED) is 0.921. The van der Waals surface area contributed by atoms with Crippen LogP contribution in [0.5, 0.6) is 0 Å². The van der Waals surface area contributed by atoms with Crippen LogP contribution in [0.4, 0.5) is 0 Å². The van der Waals surface area contributed by atoms with Crippen LogP contribution in [0.2, 0.25) is 0 Å². The van der Waals surface area contributed by atoms with E-state index in [0.717, 1.165) is 6.42 Å². The highest BCUT2D eigenvalue weighted by Crippen LogP contribution is 2.40. The summed E-state index contributed by atoms with van der Waals surface area (Å²) in [6, 6.07) is 1.19. The minimum Gasteiger partial charge on any atom is -0.481 e. The third kappa shape index (κ3) is 2.68. The highest BCUT2D eigenvalue weighted by Gasteiger charge is 2.42. The van der Waals surface area contributed by atoms with Crippen molar-refractivity contribution in [3.05, 3.63) is 22.6 Å². The smallest absolute Gasteiger partial charge is 0.309 e. The van der Waals surface area contributed by atoms with E-state index < -0.39 is 17.9 Å². The van der Waals surface area contributed by atoms with Crippen LogP contribution in [-0.2, 0) is 9.59 Å². The van der Waals surface area contributed by atoms with Gasteiger partial charge in [-0.05, 0) is 34.8 Å². The lowest BCUT2D eigenvalue weighted by Gasteiger charge is -2.38. The van der Waals surface area contributed by atoms with Gasteiger partial charge in [0.15, 0.2) is 0 Å². The van der Waals surface area contributed by atoms with E-state index in [-0.39, 0.29) is 12.3 Å². The van der Waals surface area contributed by atoms with Crippen LogP contribution in [0, 0.1) is 5.92 Å². The van der Waals surface area contributed by atoms with Crippen molar-refractivity contribution < 1.29 is 19.1 Å². The summed E-state index contributed by atoms with van der Waals surface area (Å²) in [5.41, 5.74) is 0. The number of carboxylic acid groups (broad SMARTS) is 1. The first-order valence-corrected chi connectivity index (χ1v) is 7.10. The van der Waals surface area contributed by atoms with Gasteiger partial charge in [-0.3, -0.25) is 9.59 Å². The van der Waals surface area contributed by atoms with E-state index in [2.05, 4.69) is 15.9 Å². The zero-order valence-corrected chi connectivity index (χ0v) is 12.2. The van der Waals surface area contributed by atoms with Crippen LogP contribution in [-0.4, -0.2) is 28.4 Å². The van der Waals surface area contributed by atoms with Crippen LogP contribution >= 0.6 is 15.9 Å². The first-order valence-electron chi connectivity index (χ1n) is 6.31. The number of carbonyl (C=O) groups is 2. The van der Waals surface area contributed by atoms with Gasteiger partial charge >= 0.3 is 5.97 Å². The maximum atomic E-state index is 12.0. The number of carbonyl (C=O) groups excluding carboxylic acids is 1. The van der Waals surface area contributed by atoms with Crippen molar-refractivity contribution in [3.63, 3.8) is 0 Å². The van der Waals surface area contributed by atoms with Gasteiger partial charge in [0, 0.05) is 13.0 Å². The van der Waals surface area contributed by atoms with Crippen molar-refractivity contribution in [1.29, 1.82) is 0 Å². The van der Waals surface area contributed by atoms with Gasteiger partial charge in [0.05, 0.1) is 16.7 Å². The normalized spacial score (nSPS) is 23.7. The summed E-state index contributed by atoms with van der Waals surface area (Å²) in [7, 11) is 0. The summed E-state index contributed by atoms with van der Waals surface area (Å²) < 4.78 is 6.11. The van der Waals surface area contributed by atoms with Crippen LogP contribution in [0.3, 0.4) is 0 Å². The van der Waals surface area contributed by atoms with Crippen molar-refractivity contribution in [2.75, 3.05) is 6.54 Å². The van der Waals surface area contributed by atoms with Crippen molar-refractivity contribution >= 4 is 27.8 Å². The molecular weight excluding hydrogens is 314 g/mol. The molecule has 5 nitrogen and oxygen atoms in total. The number of rotatable bonds is 4. The summed E-state index contributed by atoms with van der Waals surface area (Å²) in [5, 5.41) is 9.38. The SMILES string of the molecule is CCCN1C(=O)CCC(C(=O)O)C1c1occc1Br. The molecule has 2 rings (SSSR count). The van der Waals surface area contributed by atoms with E-state index in [1.165, 1.54) is 6.26 Å². The molecule has 0 aromatic carbocycles. The second-order valence-corrected chi connectivity index (χ2v) is 5.50. The monoisotopic (exact) mass is 329 g/mol. The number of amides is 1. The molecule has 0 radical (unpaired) electrons. The largest absolute Gasteiger partial charge is 0.481 e. The molecule has 1 aromatic heterocycles. The summed E-state index contributed by atoms with van der Waals surface area (Å²) in [6.07, 6.45) is 2.92. The molecule has 19 heavy (non-hydrogen) atoms. The van der Waals surface area contributed by atoms with Crippen molar-refractivity contribution in [2.24, 2.45) is 5.92 Å². The summed E-state index contributed by atoms with van der Waals surface area (Å²) in [6.45, 7) is 2.51. The molecule has 0 bridgehead atoms. The Labute approximate surface area is 119 Å². The lowest BCUT2D eigenvalue weighted by molar-refractivity contribution is -0.152. The topological polar surface area (TPSA) is 70.8 Å². The van der Waals surface area contributed by atoms with E-state index in [4.69, 9.17) is 4.42 Å². The molecule has 6 heteroatoms. The maximum absolute atomic E-state index is 12.0. The Morgan fingerprint density at radius 3 is 2.89 bits per heavy atom. The summed E-state index contributed by atoms with van der Waals surface area (Å²) in [5.74, 6) is -0.991. The number of nitrogens with zero attached hydrogens (tertiary/aromatic N) is 1. The second-order valence-electron chi connectivity index (χ2n) is 4.65. The summed E-state index contributed by atoms with van der Waals surface area (Å²) >= 11 is 3.35. The Kier molecular flexibility index (Phi) is 4.29. The third-order valence-corrected chi connectivity index (χ3v) is 4.06. The molecule has 2 atom stereocenters. The van der Waals surface area contributed by atoms with Gasteiger partial charge in [-0.2, -0.15) is 0 Å². The first-order chi connectivity index (χ1) is 9.06. The number of halogens is 1. The predicted octanol–water partition coefficient (Wildman–Crippen LogP) is 2.82. The molecule has 1 amide bonds. The van der Waals surface area contributed by atoms with Crippen LogP contribution in [0.25, 0.3) is 0 Å². The fraction of sp³-hybridized carbons (Fsp3) is 0.538. The number of furan rings is 1. The number of piperidine rings is 1. The molecule has 0 saturated carbocycles. The molecule has 1 fully saturated rings. The van der Waals surface area contributed by atoms with Crippen LogP contribution < -0.4 is 0 Å². The molecule has 1 saturated heterocycles. The lowest BCUT2D eigenvalue weighted by Crippen LogP contribution is -2.45. The maximum Gasteiger partial charge on any atom is 0.309 e. The number of likely N-dealkylation sites (tertiary alicyclic amines) is 1. The zero-order valence-electron chi connectivity index (χ0n) is 10.6. The molecular formula is C13H16BrNO4. The van der Waals surface area contributed by atoms with Crippen molar-refractivity contribution in [2.45, 2.75) is 32.2 Å². The molecule has 1 aromatic rings. The Bertz CT molecular complexity index is 485. The minimum atomic E-state index is -0.887. The average molecular weight is 330 g/mol. The van der Waals surface area contributed by atoms with Crippen LogP contribution in [0.1, 0.15) is 38.0 Å². The Balaban J connectivity index is 2.41. The van der Waals surface area contributed by atoms with Gasteiger partial charge in [0.2, 0.25) is 5.91 Å². The standard InChI is InChI=1S/C13H16BrNO4/c1-2-6-15-10(16)4-3-8(13(17)18)11(15)12-9(14)5-7-19-12/h5,7-8,11H,2-4,6H2,1H3,(H,17,18). The van der Waals surface area contributed by atoms with Gasteiger partial charge in [-0.1, -0.05) is 6.92 Å². The summed E-state index contributed by atoms with van der Waals surface area (Å²) in [4.78, 5) is 25.1. The number of hydrogen-bond acceptors (Lipinski definition) is 3. The number of hydrogen-bond donors (Lipinski definition) is 1. The molecule has 2 unspecified atom stereocenters. The highest BCUT2D eigenvalue weighted by atomic mass is 79.9. The fourth-order valence-electron chi connectivity index (χ4n) is 2.56. The molecule has 0 aliphatic carbocycles. The average Bonchev–Trinajstić information content (AvgIpc) is 2.77. The van der Waals surface area contributed by atoms with E-state index in [1.54, 1.807) is 11.0 Å². The van der Waals surface area contributed by atoms with E-state index in [0.29, 0.717) is 23.2 Å². The molecule has 1 aliphatic rings. The number of aliphatic carboxylic acids is 1. The minimum absolute atomic E-state index is 0.00681.